The van der Waals surface area contributed by atoms with Crippen molar-refractivity contribution in [3.05, 3.63) is 59.4 Å². The predicted octanol–water partition coefficient (Wildman–Crippen LogP) is 2.25. The van der Waals surface area contributed by atoms with Gasteiger partial charge in [-0.1, -0.05) is 12.1 Å². The van der Waals surface area contributed by atoms with Crippen LogP contribution in [0.3, 0.4) is 0 Å². The summed E-state index contributed by atoms with van der Waals surface area (Å²) in [4.78, 5) is 14.5. The van der Waals surface area contributed by atoms with Crippen LogP contribution in [0.1, 0.15) is 28.0 Å². The minimum absolute atomic E-state index is 0.0399. The van der Waals surface area contributed by atoms with Crippen molar-refractivity contribution < 1.29 is 9.90 Å². The first-order chi connectivity index (χ1) is 13.6. The third-order valence-electron chi connectivity index (χ3n) is 5.52. The number of hydrogen-bond acceptors (Lipinski definition) is 4. The molecule has 2 aromatic heterocycles. The molecular formula is C21H21N5O2. The number of hydrogen-bond donors (Lipinski definition) is 2. The molecule has 5 rings (SSSR count). The summed E-state index contributed by atoms with van der Waals surface area (Å²) in [7, 11) is 1.94. The molecule has 1 saturated heterocycles. The molecule has 1 aliphatic heterocycles. The third kappa shape index (κ3) is 2.84. The van der Waals surface area contributed by atoms with E-state index in [4.69, 9.17) is 0 Å². The molecule has 4 aromatic rings. The van der Waals surface area contributed by atoms with Gasteiger partial charge in [0.1, 0.15) is 0 Å². The van der Waals surface area contributed by atoms with Gasteiger partial charge < -0.3 is 10.0 Å². The molecule has 1 amide bonds. The van der Waals surface area contributed by atoms with Crippen LogP contribution >= 0.6 is 0 Å². The van der Waals surface area contributed by atoms with Gasteiger partial charge in [-0.05, 0) is 36.2 Å². The number of aromatic nitrogens is 4. The van der Waals surface area contributed by atoms with Crippen molar-refractivity contribution in [3.8, 4) is 0 Å². The van der Waals surface area contributed by atoms with E-state index < -0.39 is 6.10 Å². The van der Waals surface area contributed by atoms with E-state index in [0.717, 1.165) is 33.1 Å². The van der Waals surface area contributed by atoms with Crippen LogP contribution in [0.2, 0.25) is 0 Å². The number of nitrogens with one attached hydrogen (secondary N) is 1. The Morgan fingerprint density at radius 3 is 3.00 bits per heavy atom. The van der Waals surface area contributed by atoms with Crippen LogP contribution in [0.4, 0.5) is 0 Å². The summed E-state index contributed by atoms with van der Waals surface area (Å²) in [5, 5.41) is 23.6. The van der Waals surface area contributed by atoms with Crippen molar-refractivity contribution in [2.45, 2.75) is 18.9 Å². The molecule has 28 heavy (non-hydrogen) atoms. The van der Waals surface area contributed by atoms with Gasteiger partial charge in [-0.25, -0.2) is 0 Å². The number of aliphatic hydroxyl groups is 1. The molecule has 3 heterocycles. The Kier molecular flexibility index (Phi) is 3.91. The van der Waals surface area contributed by atoms with E-state index in [1.807, 2.05) is 36.1 Å². The van der Waals surface area contributed by atoms with Crippen molar-refractivity contribution in [2.24, 2.45) is 7.05 Å². The number of carbonyl (C=O) groups is 1. The largest absolute Gasteiger partial charge is 0.391 e. The number of likely N-dealkylation sites (tertiary alicyclic amines) is 1. The van der Waals surface area contributed by atoms with Gasteiger partial charge in [-0.2, -0.15) is 10.2 Å². The Bertz CT molecular complexity index is 1190. The fraction of sp³-hybridized carbons (Fsp3) is 0.286. The maximum atomic E-state index is 12.8. The van der Waals surface area contributed by atoms with Crippen LogP contribution < -0.4 is 0 Å². The van der Waals surface area contributed by atoms with Crippen LogP contribution in [0.15, 0.2) is 42.6 Å². The Labute approximate surface area is 161 Å². The Morgan fingerprint density at radius 2 is 2.18 bits per heavy atom. The summed E-state index contributed by atoms with van der Waals surface area (Å²) < 4.78 is 1.87. The number of fused-ring (bicyclic) bond motifs is 2. The van der Waals surface area contributed by atoms with E-state index in [2.05, 4.69) is 33.5 Å². The van der Waals surface area contributed by atoms with E-state index >= 15 is 0 Å². The highest BCUT2D eigenvalue weighted by atomic mass is 16.3. The van der Waals surface area contributed by atoms with E-state index in [1.165, 1.54) is 0 Å². The van der Waals surface area contributed by atoms with Crippen molar-refractivity contribution in [2.75, 3.05) is 13.1 Å². The lowest BCUT2D eigenvalue weighted by Gasteiger charge is -2.15. The number of β-amino-alcohol motifs (C(OH)–C–C–N with tert-alkyl or cyclic N) is 1. The maximum Gasteiger partial charge on any atom is 0.253 e. The lowest BCUT2D eigenvalue weighted by Crippen LogP contribution is -2.29. The molecular weight excluding hydrogens is 354 g/mol. The number of amides is 1. The zero-order valence-corrected chi connectivity index (χ0v) is 15.6. The van der Waals surface area contributed by atoms with Crippen molar-refractivity contribution >= 4 is 27.7 Å². The number of aryl methyl sites for hydroxylation is 1. The summed E-state index contributed by atoms with van der Waals surface area (Å²) in [6.45, 7) is 1.00. The van der Waals surface area contributed by atoms with Gasteiger partial charge in [-0.3, -0.25) is 14.6 Å². The smallest absolute Gasteiger partial charge is 0.253 e. The van der Waals surface area contributed by atoms with Crippen LogP contribution in [-0.4, -0.2) is 55.1 Å². The van der Waals surface area contributed by atoms with Crippen LogP contribution in [0.5, 0.6) is 0 Å². The highest BCUT2D eigenvalue weighted by Crippen LogP contribution is 2.24. The summed E-state index contributed by atoms with van der Waals surface area (Å²) in [6, 6.07) is 11.9. The lowest BCUT2D eigenvalue weighted by atomic mass is 10.0. The third-order valence-corrected chi connectivity index (χ3v) is 5.52. The van der Waals surface area contributed by atoms with Crippen LogP contribution in [0.25, 0.3) is 21.8 Å². The Balaban J connectivity index is 1.47. The van der Waals surface area contributed by atoms with Crippen molar-refractivity contribution in [3.63, 3.8) is 0 Å². The van der Waals surface area contributed by atoms with Crippen molar-refractivity contribution in [1.29, 1.82) is 0 Å². The molecule has 0 saturated carbocycles. The molecule has 7 nitrogen and oxygen atoms in total. The van der Waals surface area contributed by atoms with E-state index in [9.17, 15) is 9.90 Å². The molecule has 0 bridgehead atoms. The van der Waals surface area contributed by atoms with Gasteiger partial charge in [0, 0.05) is 48.6 Å². The first-order valence-electron chi connectivity index (χ1n) is 9.43. The number of rotatable bonds is 3. The number of H-pyrrole nitrogens is 1. The first kappa shape index (κ1) is 16.9. The van der Waals surface area contributed by atoms with Crippen LogP contribution in [0, 0.1) is 0 Å². The quantitative estimate of drug-likeness (QED) is 0.575. The van der Waals surface area contributed by atoms with Gasteiger partial charge in [0.2, 0.25) is 0 Å². The standard InChI is InChI=1S/C21H21N5O2/c1-25-20-9-13(2-3-15(20)11-22-25)8-19-17-10-14(4-5-18(17)23-24-19)21(28)26-7-6-16(27)12-26/h2-5,9-11,16,27H,6-8,12H2,1H3,(H,23,24)/t16-/m1/s1. The first-order valence-corrected chi connectivity index (χ1v) is 9.43. The molecule has 1 fully saturated rings. The summed E-state index contributed by atoms with van der Waals surface area (Å²) in [5.41, 5.74) is 4.69. The number of carbonyl (C=O) groups excluding carboxylic acids is 1. The molecule has 142 valence electrons. The average molecular weight is 375 g/mol. The molecule has 0 aliphatic carbocycles. The number of aliphatic hydroxyl groups excluding tert-OH is 1. The van der Waals surface area contributed by atoms with E-state index in [0.29, 0.717) is 31.5 Å². The summed E-state index contributed by atoms with van der Waals surface area (Å²) >= 11 is 0. The molecule has 1 atom stereocenters. The highest BCUT2D eigenvalue weighted by molar-refractivity contribution is 5.98. The second kappa shape index (κ2) is 6.45. The molecule has 2 N–H and O–H groups in total. The molecule has 1 aliphatic rings. The average Bonchev–Trinajstić information content (AvgIpc) is 3.41. The minimum atomic E-state index is -0.418. The Hall–Kier alpha value is -3.19. The fourth-order valence-electron chi connectivity index (χ4n) is 3.94. The molecule has 0 unspecified atom stereocenters. The SMILES string of the molecule is Cn1ncc2ccc(Cc3[nH]nc4ccc(C(=O)N5CC[C@@H](O)C5)cc34)cc21. The second-order valence-corrected chi connectivity index (χ2v) is 7.47. The summed E-state index contributed by atoms with van der Waals surface area (Å²) in [5.74, 6) is -0.0399. The number of benzene rings is 2. The van der Waals surface area contributed by atoms with Gasteiger partial charge in [0.25, 0.3) is 5.91 Å². The number of nitrogens with zero attached hydrogens (tertiary/aromatic N) is 4. The van der Waals surface area contributed by atoms with E-state index in [-0.39, 0.29) is 5.91 Å². The zero-order chi connectivity index (χ0) is 19.3. The minimum Gasteiger partial charge on any atom is -0.391 e. The molecule has 7 heteroatoms. The van der Waals surface area contributed by atoms with E-state index in [1.54, 1.807) is 4.90 Å². The molecule has 0 spiro atoms. The monoisotopic (exact) mass is 375 g/mol. The topological polar surface area (TPSA) is 87.0 Å². The maximum absolute atomic E-state index is 12.8. The fourth-order valence-corrected chi connectivity index (χ4v) is 3.94. The predicted molar refractivity (Wildman–Crippen MR) is 106 cm³/mol. The second-order valence-electron chi connectivity index (χ2n) is 7.47. The van der Waals surface area contributed by atoms with Gasteiger partial charge >= 0.3 is 0 Å². The zero-order valence-electron chi connectivity index (χ0n) is 15.6. The number of aromatic amines is 1. The highest BCUT2D eigenvalue weighted by Gasteiger charge is 2.25. The Morgan fingerprint density at radius 1 is 1.29 bits per heavy atom. The van der Waals surface area contributed by atoms with Gasteiger partial charge in [-0.15, -0.1) is 0 Å². The molecule has 0 radical (unpaired) electrons. The van der Waals surface area contributed by atoms with Crippen LogP contribution in [-0.2, 0) is 13.5 Å². The van der Waals surface area contributed by atoms with Crippen molar-refractivity contribution in [1.82, 2.24) is 24.9 Å². The van der Waals surface area contributed by atoms with Gasteiger partial charge in [0.05, 0.1) is 23.3 Å². The summed E-state index contributed by atoms with van der Waals surface area (Å²) in [6.07, 6.45) is 2.77. The normalized spacial score (nSPS) is 17.1. The molecule has 2 aromatic carbocycles. The lowest BCUT2D eigenvalue weighted by molar-refractivity contribution is 0.0765. The van der Waals surface area contributed by atoms with Gasteiger partial charge in [0.15, 0.2) is 0 Å².